The molecular formula is C26H25N3O4. The third-order valence-electron chi connectivity index (χ3n) is 5.44. The van der Waals surface area contributed by atoms with Crippen molar-refractivity contribution in [1.82, 2.24) is 4.57 Å². The van der Waals surface area contributed by atoms with Gasteiger partial charge >= 0.3 is 0 Å². The largest absolute Gasteiger partial charge is 0.497 e. The average Bonchev–Trinajstić information content (AvgIpc) is 3.16. The molecule has 0 bridgehead atoms. The Hall–Kier alpha value is -4.26. The zero-order valence-corrected chi connectivity index (χ0v) is 18.5. The molecule has 0 atom stereocenters. The lowest BCUT2D eigenvalue weighted by molar-refractivity contribution is -0.115. The Labute approximate surface area is 191 Å². The zero-order valence-electron chi connectivity index (χ0n) is 18.5. The van der Waals surface area contributed by atoms with Crippen molar-refractivity contribution in [3.63, 3.8) is 0 Å². The average molecular weight is 444 g/mol. The van der Waals surface area contributed by atoms with E-state index in [0.717, 1.165) is 33.5 Å². The monoisotopic (exact) mass is 443 g/mol. The summed E-state index contributed by atoms with van der Waals surface area (Å²) in [7, 11) is 3.25. The van der Waals surface area contributed by atoms with Crippen LogP contribution in [0.15, 0.2) is 72.9 Å². The smallest absolute Gasteiger partial charge is 0.248 e. The minimum absolute atomic E-state index is 0.146. The highest BCUT2D eigenvalue weighted by molar-refractivity contribution is 5.97. The Balaban J connectivity index is 1.57. The minimum Gasteiger partial charge on any atom is -0.497 e. The highest BCUT2D eigenvalue weighted by Crippen LogP contribution is 2.27. The topological polar surface area (TPSA) is 95.6 Å². The van der Waals surface area contributed by atoms with Crippen molar-refractivity contribution < 1.29 is 19.1 Å². The van der Waals surface area contributed by atoms with Gasteiger partial charge in [0.1, 0.15) is 11.5 Å². The summed E-state index contributed by atoms with van der Waals surface area (Å²) in [6.45, 7) is 0.601. The summed E-state index contributed by atoms with van der Waals surface area (Å²) in [5, 5.41) is 3.90. The van der Waals surface area contributed by atoms with Crippen molar-refractivity contribution in [2.24, 2.45) is 5.73 Å². The van der Waals surface area contributed by atoms with Crippen LogP contribution in [0.25, 0.3) is 10.9 Å². The molecule has 7 heteroatoms. The molecule has 0 radical (unpaired) electrons. The molecule has 1 aromatic heterocycles. The molecule has 0 saturated heterocycles. The number of ether oxygens (including phenoxy) is 2. The zero-order chi connectivity index (χ0) is 23.4. The van der Waals surface area contributed by atoms with E-state index in [9.17, 15) is 9.59 Å². The van der Waals surface area contributed by atoms with E-state index in [1.165, 1.54) is 0 Å². The van der Waals surface area contributed by atoms with Crippen molar-refractivity contribution in [2.75, 3.05) is 19.5 Å². The van der Waals surface area contributed by atoms with Gasteiger partial charge in [-0.05, 0) is 53.6 Å². The normalized spacial score (nSPS) is 10.7. The fourth-order valence-electron chi connectivity index (χ4n) is 3.84. The number of rotatable bonds is 8. The predicted molar refractivity (Wildman–Crippen MR) is 128 cm³/mol. The number of carbonyl (C=O) groups is 2. The Morgan fingerprint density at radius 2 is 1.61 bits per heavy atom. The van der Waals surface area contributed by atoms with Gasteiger partial charge in [-0.3, -0.25) is 9.59 Å². The molecule has 0 aliphatic rings. The van der Waals surface area contributed by atoms with Crippen molar-refractivity contribution in [2.45, 2.75) is 13.0 Å². The van der Waals surface area contributed by atoms with Crippen LogP contribution in [-0.2, 0) is 17.8 Å². The second kappa shape index (κ2) is 9.48. The number of benzene rings is 3. The summed E-state index contributed by atoms with van der Waals surface area (Å²) in [4.78, 5) is 24.0. The van der Waals surface area contributed by atoms with Gasteiger partial charge in [0.05, 0.1) is 20.6 Å². The molecular weight excluding hydrogens is 418 g/mol. The molecule has 0 saturated carbocycles. The van der Waals surface area contributed by atoms with Gasteiger partial charge in [0, 0.05) is 41.0 Å². The summed E-state index contributed by atoms with van der Waals surface area (Å²) >= 11 is 0. The fourth-order valence-corrected chi connectivity index (χ4v) is 3.84. The van der Waals surface area contributed by atoms with Gasteiger partial charge in [-0.2, -0.15) is 0 Å². The number of hydrogen-bond donors (Lipinski definition) is 2. The molecule has 33 heavy (non-hydrogen) atoms. The number of fused-ring (bicyclic) bond motifs is 1. The lowest BCUT2D eigenvalue weighted by atomic mass is 10.1. The lowest BCUT2D eigenvalue weighted by Gasteiger charge is -2.10. The molecule has 7 nitrogen and oxygen atoms in total. The van der Waals surface area contributed by atoms with Crippen LogP contribution in [0.5, 0.6) is 11.5 Å². The Morgan fingerprint density at radius 1 is 0.939 bits per heavy atom. The second-order valence-electron chi connectivity index (χ2n) is 7.69. The van der Waals surface area contributed by atoms with Crippen LogP contribution in [-0.4, -0.2) is 30.6 Å². The van der Waals surface area contributed by atoms with Crippen LogP contribution in [0.1, 0.15) is 21.5 Å². The summed E-state index contributed by atoms with van der Waals surface area (Å²) < 4.78 is 12.9. The highest BCUT2D eigenvalue weighted by Gasteiger charge is 2.13. The van der Waals surface area contributed by atoms with E-state index in [0.29, 0.717) is 17.8 Å². The maximum Gasteiger partial charge on any atom is 0.248 e. The van der Waals surface area contributed by atoms with Gasteiger partial charge in [-0.1, -0.05) is 18.2 Å². The van der Waals surface area contributed by atoms with Crippen molar-refractivity contribution in [3.05, 3.63) is 89.6 Å². The van der Waals surface area contributed by atoms with Gasteiger partial charge in [0.25, 0.3) is 0 Å². The molecule has 3 N–H and O–H groups in total. The number of nitrogens with two attached hydrogens (primary N) is 1. The summed E-state index contributed by atoms with van der Waals surface area (Å²) in [5.41, 5.74) is 9.25. The molecule has 4 aromatic rings. The number of para-hydroxylation sites is 1. The number of hydrogen-bond acceptors (Lipinski definition) is 4. The fraction of sp³-hybridized carbons (Fsp3) is 0.154. The SMILES string of the molecule is COc1cc(Cn2cc(CC(=O)Nc3ccc(C(N)=O)cc3)c3ccccc32)cc(OC)c1. The predicted octanol–water partition coefficient (Wildman–Crippen LogP) is 3.99. The van der Waals surface area contributed by atoms with Crippen molar-refractivity contribution in [1.29, 1.82) is 0 Å². The van der Waals surface area contributed by atoms with Crippen LogP contribution < -0.4 is 20.5 Å². The molecule has 1 heterocycles. The van der Waals surface area contributed by atoms with E-state index in [4.69, 9.17) is 15.2 Å². The third-order valence-corrected chi connectivity index (χ3v) is 5.44. The molecule has 168 valence electrons. The van der Waals surface area contributed by atoms with E-state index < -0.39 is 5.91 Å². The minimum atomic E-state index is -0.505. The summed E-state index contributed by atoms with van der Waals surface area (Å²) in [6.07, 6.45) is 2.22. The molecule has 0 spiro atoms. The van der Waals surface area contributed by atoms with Crippen LogP contribution in [0.3, 0.4) is 0 Å². The van der Waals surface area contributed by atoms with Gasteiger partial charge in [0.15, 0.2) is 0 Å². The number of nitrogens with zero attached hydrogens (tertiary/aromatic N) is 1. The second-order valence-corrected chi connectivity index (χ2v) is 7.69. The van der Waals surface area contributed by atoms with Crippen molar-refractivity contribution in [3.8, 4) is 11.5 Å². The number of carbonyl (C=O) groups excluding carboxylic acids is 2. The van der Waals surface area contributed by atoms with Crippen LogP contribution >= 0.6 is 0 Å². The highest BCUT2D eigenvalue weighted by atomic mass is 16.5. The van der Waals surface area contributed by atoms with E-state index >= 15 is 0 Å². The van der Waals surface area contributed by atoms with Gasteiger partial charge < -0.3 is 25.1 Å². The van der Waals surface area contributed by atoms with Gasteiger partial charge in [-0.15, -0.1) is 0 Å². The molecule has 4 rings (SSSR count). The van der Waals surface area contributed by atoms with E-state index in [1.807, 2.05) is 48.7 Å². The van der Waals surface area contributed by atoms with Gasteiger partial charge in [0.2, 0.25) is 11.8 Å². The number of nitrogens with one attached hydrogen (secondary N) is 1. The first-order chi connectivity index (χ1) is 16.0. The maximum atomic E-state index is 12.7. The van der Waals surface area contributed by atoms with Crippen LogP contribution in [0.2, 0.25) is 0 Å². The number of primary amides is 1. The number of amides is 2. The molecule has 0 aliphatic heterocycles. The number of methoxy groups -OCH3 is 2. The Bertz CT molecular complexity index is 1290. The Kier molecular flexibility index (Phi) is 6.31. The third kappa shape index (κ3) is 4.98. The molecule has 0 fully saturated rings. The van der Waals surface area contributed by atoms with Crippen LogP contribution in [0, 0.1) is 0 Å². The van der Waals surface area contributed by atoms with Gasteiger partial charge in [-0.25, -0.2) is 0 Å². The molecule has 2 amide bonds. The van der Waals surface area contributed by atoms with Crippen LogP contribution in [0.4, 0.5) is 5.69 Å². The maximum absolute atomic E-state index is 12.7. The lowest BCUT2D eigenvalue weighted by Crippen LogP contribution is -2.15. The van der Waals surface area contributed by atoms with E-state index in [-0.39, 0.29) is 12.3 Å². The van der Waals surface area contributed by atoms with E-state index in [1.54, 1.807) is 38.5 Å². The standard InChI is InChI=1S/C26H25N3O4/c1-32-21-11-17(12-22(14-21)33-2)15-29-16-19(23-5-3-4-6-24(23)29)13-25(30)28-20-9-7-18(8-10-20)26(27)31/h3-12,14,16H,13,15H2,1-2H3,(H2,27,31)(H,28,30). The first-order valence-electron chi connectivity index (χ1n) is 10.4. The summed E-state index contributed by atoms with van der Waals surface area (Å²) in [5.74, 6) is 0.799. The first kappa shape index (κ1) is 22.0. The number of aromatic nitrogens is 1. The first-order valence-corrected chi connectivity index (χ1v) is 10.4. The Morgan fingerprint density at radius 3 is 2.24 bits per heavy atom. The molecule has 0 aliphatic carbocycles. The number of anilines is 1. The van der Waals surface area contributed by atoms with E-state index in [2.05, 4.69) is 9.88 Å². The quantitative estimate of drug-likeness (QED) is 0.430. The summed E-state index contributed by atoms with van der Waals surface area (Å²) in [6, 6.07) is 20.3. The molecule has 3 aromatic carbocycles. The molecule has 0 unspecified atom stereocenters. The van der Waals surface area contributed by atoms with Crippen molar-refractivity contribution >= 4 is 28.4 Å².